The summed E-state index contributed by atoms with van der Waals surface area (Å²) in [5, 5.41) is 2.88. The average Bonchev–Trinajstić information content (AvgIpc) is 2.56. The number of carbonyl (C=O) groups is 1. The Morgan fingerprint density at radius 1 is 1.56 bits per heavy atom. The molecule has 0 saturated heterocycles. The van der Waals surface area contributed by atoms with Crippen molar-refractivity contribution in [2.24, 2.45) is 5.73 Å². The number of amides is 1. The lowest BCUT2D eigenvalue weighted by Gasteiger charge is -2.16. The van der Waals surface area contributed by atoms with Crippen LogP contribution in [-0.4, -0.2) is 11.9 Å². The Hall–Kier alpha value is -1.29. The maximum absolute atomic E-state index is 11.6. The Balaban J connectivity index is 2.69. The quantitative estimate of drug-likeness (QED) is 0.819. The zero-order chi connectivity index (χ0) is 12.3. The van der Waals surface area contributed by atoms with Crippen molar-refractivity contribution in [2.45, 2.75) is 46.2 Å². The molecule has 1 aromatic heterocycles. The zero-order valence-electron chi connectivity index (χ0n) is 10.3. The molecule has 1 amide bonds. The van der Waals surface area contributed by atoms with Crippen LogP contribution in [0.25, 0.3) is 0 Å². The molecule has 1 heterocycles. The van der Waals surface area contributed by atoms with E-state index in [2.05, 4.69) is 5.32 Å². The lowest BCUT2D eigenvalue weighted by molar-refractivity contribution is -0.123. The van der Waals surface area contributed by atoms with Crippen molar-refractivity contribution in [1.82, 2.24) is 5.32 Å². The average molecular weight is 224 g/mol. The molecule has 0 aromatic carbocycles. The number of hydrogen-bond acceptors (Lipinski definition) is 3. The monoisotopic (exact) mass is 224 g/mol. The number of nitrogens with one attached hydrogen (secondary N) is 1. The van der Waals surface area contributed by atoms with Gasteiger partial charge in [0.25, 0.3) is 0 Å². The van der Waals surface area contributed by atoms with Gasteiger partial charge in [-0.1, -0.05) is 6.92 Å². The summed E-state index contributed by atoms with van der Waals surface area (Å²) in [6, 6.07) is 1.44. The van der Waals surface area contributed by atoms with Crippen LogP contribution in [0.4, 0.5) is 0 Å². The minimum absolute atomic E-state index is 0.0671. The van der Waals surface area contributed by atoms with Gasteiger partial charge in [0, 0.05) is 5.56 Å². The molecule has 0 saturated carbocycles. The van der Waals surface area contributed by atoms with Crippen molar-refractivity contribution in [3.63, 3.8) is 0 Å². The zero-order valence-corrected chi connectivity index (χ0v) is 10.3. The van der Waals surface area contributed by atoms with E-state index in [4.69, 9.17) is 10.2 Å². The van der Waals surface area contributed by atoms with Gasteiger partial charge in [0.1, 0.15) is 11.5 Å². The van der Waals surface area contributed by atoms with Gasteiger partial charge in [-0.3, -0.25) is 4.79 Å². The summed E-state index contributed by atoms with van der Waals surface area (Å²) in [6.45, 7) is 7.60. The normalized spacial score (nSPS) is 14.6. The van der Waals surface area contributed by atoms with Gasteiger partial charge in [0.2, 0.25) is 5.91 Å². The molecule has 2 atom stereocenters. The van der Waals surface area contributed by atoms with Crippen LogP contribution in [0.5, 0.6) is 0 Å². The third-order valence-corrected chi connectivity index (χ3v) is 2.68. The van der Waals surface area contributed by atoms with Crippen molar-refractivity contribution in [3.05, 3.63) is 23.2 Å². The predicted molar refractivity (Wildman–Crippen MR) is 63.0 cm³/mol. The molecule has 4 nitrogen and oxygen atoms in total. The number of furan rings is 1. The summed E-state index contributed by atoms with van der Waals surface area (Å²) < 4.78 is 5.42. The van der Waals surface area contributed by atoms with Gasteiger partial charge in [-0.2, -0.15) is 0 Å². The van der Waals surface area contributed by atoms with Gasteiger partial charge in [-0.15, -0.1) is 0 Å². The highest BCUT2D eigenvalue weighted by Gasteiger charge is 2.17. The summed E-state index contributed by atoms with van der Waals surface area (Å²) in [5.41, 5.74) is 6.66. The Morgan fingerprint density at radius 3 is 2.62 bits per heavy atom. The Kier molecular flexibility index (Phi) is 4.12. The second-order valence-electron chi connectivity index (χ2n) is 4.11. The largest absolute Gasteiger partial charge is 0.466 e. The van der Waals surface area contributed by atoms with Crippen molar-refractivity contribution in [3.8, 4) is 0 Å². The molecule has 1 rings (SSSR count). The molecule has 0 spiro atoms. The second kappa shape index (κ2) is 5.16. The van der Waals surface area contributed by atoms with E-state index in [1.165, 1.54) is 0 Å². The lowest BCUT2D eigenvalue weighted by atomic mass is 10.1. The number of rotatable bonds is 4. The van der Waals surface area contributed by atoms with E-state index in [0.29, 0.717) is 6.42 Å². The van der Waals surface area contributed by atoms with Gasteiger partial charge < -0.3 is 15.5 Å². The van der Waals surface area contributed by atoms with E-state index in [9.17, 15) is 4.79 Å². The van der Waals surface area contributed by atoms with Gasteiger partial charge >= 0.3 is 0 Å². The molecule has 2 unspecified atom stereocenters. The van der Waals surface area contributed by atoms with E-state index in [1.807, 2.05) is 33.8 Å². The number of nitrogens with two attached hydrogens (primary N) is 1. The fourth-order valence-electron chi connectivity index (χ4n) is 1.66. The van der Waals surface area contributed by atoms with Crippen molar-refractivity contribution in [2.75, 3.05) is 0 Å². The molecular formula is C12H20N2O2. The summed E-state index contributed by atoms with van der Waals surface area (Å²) >= 11 is 0. The van der Waals surface area contributed by atoms with Crippen LogP contribution in [0.1, 0.15) is 43.4 Å². The molecule has 0 aliphatic heterocycles. The number of carbonyl (C=O) groups excluding carboxylic acids is 1. The van der Waals surface area contributed by atoms with Crippen molar-refractivity contribution in [1.29, 1.82) is 0 Å². The van der Waals surface area contributed by atoms with Crippen molar-refractivity contribution >= 4 is 5.91 Å². The molecule has 0 fully saturated rings. The number of aryl methyl sites for hydroxylation is 2. The molecule has 0 bridgehead atoms. The third kappa shape index (κ3) is 2.85. The molecule has 0 aliphatic carbocycles. The standard InChI is InChI=1S/C12H20N2O2/c1-5-11(13)12(15)14-8(3)10-6-7(2)16-9(10)4/h6,8,11H,5,13H2,1-4H3,(H,14,15). The molecule has 3 N–H and O–H groups in total. The molecule has 0 aliphatic rings. The van der Waals surface area contributed by atoms with Crippen molar-refractivity contribution < 1.29 is 9.21 Å². The third-order valence-electron chi connectivity index (χ3n) is 2.68. The van der Waals surface area contributed by atoms with Gasteiger partial charge in [0.05, 0.1) is 12.1 Å². The predicted octanol–water partition coefficient (Wildman–Crippen LogP) is 1.81. The van der Waals surface area contributed by atoms with E-state index >= 15 is 0 Å². The maximum atomic E-state index is 11.6. The molecular weight excluding hydrogens is 204 g/mol. The maximum Gasteiger partial charge on any atom is 0.237 e. The first-order valence-electron chi connectivity index (χ1n) is 5.58. The summed E-state index contributed by atoms with van der Waals surface area (Å²) in [7, 11) is 0. The fraction of sp³-hybridized carbons (Fsp3) is 0.583. The van der Waals surface area contributed by atoms with Gasteiger partial charge in [-0.05, 0) is 33.3 Å². The van der Waals surface area contributed by atoms with Crippen LogP contribution in [-0.2, 0) is 4.79 Å². The molecule has 4 heteroatoms. The highest BCUT2D eigenvalue weighted by molar-refractivity contribution is 5.81. The Morgan fingerprint density at radius 2 is 2.19 bits per heavy atom. The van der Waals surface area contributed by atoms with Gasteiger partial charge in [0.15, 0.2) is 0 Å². The van der Waals surface area contributed by atoms with E-state index in [0.717, 1.165) is 17.1 Å². The second-order valence-corrected chi connectivity index (χ2v) is 4.11. The fourth-order valence-corrected chi connectivity index (χ4v) is 1.66. The van der Waals surface area contributed by atoms with Crippen LogP contribution >= 0.6 is 0 Å². The number of hydrogen-bond donors (Lipinski definition) is 2. The highest BCUT2D eigenvalue weighted by Crippen LogP contribution is 2.21. The SMILES string of the molecule is CCC(N)C(=O)NC(C)c1cc(C)oc1C. The van der Waals surface area contributed by atoms with Crippen LogP contribution < -0.4 is 11.1 Å². The Labute approximate surface area is 96.2 Å². The highest BCUT2D eigenvalue weighted by atomic mass is 16.3. The smallest absolute Gasteiger partial charge is 0.237 e. The lowest BCUT2D eigenvalue weighted by Crippen LogP contribution is -2.41. The van der Waals surface area contributed by atoms with E-state index in [-0.39, 0.29) is 11.9 Å². The molecule has 16 heavy (non-hydrogen) atoms. The summed E-state index contributed by atoms with van der Waals surface area (Å²) in [5.74, 6) is 1.58. The first kappa shape index (κ1) is 12.8. The first-order chi connectivity index (χ1) is 7.45. The molecule has 90 valence electrons. The van der Waals surface area contributed by atoms with E-state index < -0.39 is 6.04 Å². The van der Waals surface area contributed by atoms with Crippen LogP contribution in [0.2, 0.25) is 0 Å². The van der Waals surface area contributed by atoms with Crippen LogP contribution in [0, 0.1) is 13.8 Å². The minimum Gasteiger partial charge on any atom is -0.466 e. The topological polar surface area (TPSA) is 68.3 Å². The Bertz CT molecular complexity index is 371. The molecule has 1 aromatic rings. The summed E-state index contributed by atoms with van der Waals surface area (Å²) in [4.78, 5) is 11.6. The summed E-state index contributed by atoms with van der Waals surface area (Å²) in [6.07, 6.45) is 0.641. The molecule has 0 radical (unpaired) electrons. The van der Waals surface area contributed by atoms with Gasteiger partial charge in [-0.25, -0.2) is 0 Å². The minimum atomic E-state index is -0.434. The van der Waals surface area contributed by atoms with Crippen LogP contribution in [0.3, 0.4) is 0 Å². The van der Waals surface area contributed by atoms with Crippen LogP contribution in [0.15, 0.2) is 10.5 Å². The first-order valence-corrected chi connectivity index (χ1v) is 5.58. The van der Waals surface area contributed by atoms with E-state index in [1.54, 1.807) is 0 Å².